The molecule has 1 amide bonds. The van der Waals surface area contributed by atoms with Crippen LogP contribution in [0.15, 0.2) is 0 Å². The van der Waals surface area contributed by atoms with E-state index in [1.165, 1.54) is 12.8 Å². The highest BCUT2D eigenvalue weighted by Crippen LogP contribution is 2.28. The van der Waals surface area contributed by atoms with Crippen LogP contribution in [0.5, 0.6) is 0 Å². The summed E-state index contributed by atoms with van der Waals surface area (Å²) < 4.78 is 0. The maximum atomic E-state index is 12.3. The summed E-state index contributed by atoms with van der Waals surface area (Å²) in [6, 6.07) is 1.04. The van der Waals surface area contributed by atoms with Crippen LogP contribution in [0.2, 0.25) is 0 Å². The molecule has 19 heavy (non-hydrogen) atoms. The van der Waals surface area contributed by atoms with Crippen molar-refractivity contribution in [3.8, 4) is 0 Å². The first-order valence-corrected chi connectivity index (χ1v) is 7.76. The summed E-state index contributed by atoms with van der Waals surface area (Å²) in [4.78, 5) is 16.5. The van der Waals surface area contributed by atoms with Gasteiger partial charge in [0.25, 0.3) is 0 Å². The molecule has 0 spiro atoms. The molecule has 0 unspecified atom stereocenters. The lowest BCUT2D eigenvalue weighted by atomic mass is 9.86. The first-order chi connectivity index (χ1) is 9.15. The maximum Gasteiger partial charge on any atom is 0.236 e. The molecule has 2 fully saturated rings. The van der Waals surface area contributed by atoms with E-state index in [0.717, 1.165) is 32.2 Å². The average molecular weight is 268 g/mol. The normalized spacial score (nSPS) is 27.6. The van der Waals surface area contributed by atoms with Gasteiger partial charge in [-0.25, -0.2) is 0 Å². The summed E-state index contributed by atoms with van der Waals surface area (Å²) in [7, 11) is 2.07. The molecule has 2 aliphatic rings. The van der Waals surface area contributed by atoms with Gasteiger partial charge in [-0.3, -0.25) is 9.69 Å². The Balaban J connectivity index is 1.77. The summed E-state index contributed by atoms with van der Waals surface area (Å²) in [6.07, 6.45) is 6.80. The van der Waals surface area contributed by atoms with Gasteiger partial charge in [0.2, 0.25) is 5.91 Å². The Bertz CT molecular complexity index is 297. The molecule has 4 nitrogen and oxygen atoms in total. The lowest BCUT2D eigenvalue weighted by molar-refractivity contribution is -0.133. The van der Waals surface area contributed by atoms with E-state index in [4.69, 9.17) is 5.11 Å². The third-order valence-electron chi connectivity index (χ3n) is 4.73. The van der Waals surface area contributed by atoms with Crippen molar-refractivity contribution >= 4 is 5.91 Å². The monoisotopic (exact) mass is 268 g/mol. The van der Waals surface area contributed by atoms with Crippen molar-refractivity contribution < 1.29 is 9.90 Å². The molecule has 0 aliphatic heterocycles. The van der Waals surface area contributed by atoms with E-state index in [1.807, 2.05) is 4.90 Å². The van der Waals surface area contributed by atoms with Crippen LogP contribution in [0.25, 0.3) is 0 Å². The van der Waals surface area contributed by atoms with Gasteiger partial charge in [0.15, 0.2) is 0 Å². The van der Waals surface area contributed by atoms with Crippen LogP contribution < -0.4 is 0 Å². The zero-order chi connectivity index (χ0) is 13.8. The van der Waals surface area contributed by atoms with Crippen LogP contribution in [0.3, 0.4) is 0 Å². The predicted octanol–water partition coefficient (Wildman–Crippen LogP) is 1.48. The van der Waals surface area contributed by atoms with Crippen molar-refractivity contribution in [1.29, 1.82) is 0 Å². The number of carbonyl (C=O) groups excluding carboxylic acids is 1. The largest absolute Gasteiger partial charge is 0.396 e. The molecule has 0 aromatic carbocycles. The minimum absolute atomic E-state index is 0.289. The fourth-order valence-corrected chi connectivity index (χ4v) is 3.23. The van der Waals surface area contributed by atoms with Gasteiger partial charge in [-0.05, 0) is 58.4 Å². The smallest absolute Gasteiger partial charge is 0.236 e. The summed E-state index contributed by atoms with van der Waals surface area (Å²) >= 11 is 0. The molecule has 2 aliphatic carbocycles. The molecule has 0 aromatic heterocycles. The molecule has 0 radical (unpaired) electrons. The number of hydrogen-bond acceptors (Lipinski definition) is 3. The van der Waals surface area contributed by atoms with Crippen LogP contribution in [0.4, 0.5) is 0 Å². The van der Waals surface area contributed by atoms with Crippen molar-refractivity contribution in [2.24, 2.45) is 5.92 Å². The fraction of sp³-hybridized carbons (Fsp3) is 0.933. The van der Waals surface area contributed by atoms with Crippen LogP contribution in [0.1, 0.15) is 45.4 Å². The molecule has 110 valence electrons. The minimum Gasteiger partial charge on any atom is -0.396 e. The lowest BCUT2D eigenvalue weighted by Gasteiger charge is -2.34. The molecule has 1 N–H and O–H groups in total. The molecule has 2 rings (SSSR count). The molecular weight excluding hydrogens is 240 g/mol. The maximum absolute atomic E-state index is 12.3. The highest BCUT2D eigenvalue weighted by Gasteiger charge is 2.32. The van der Waals surface area contributed by atoms with Crippen molar-refractivity contribution in [1.82, 2.24) is 9.80 Å². The van der Waals surface area contributed by atoms with Gasteiger partial charge in [-0.1, -0.05) is 0 Å². The summed E-state index contributed by atoms with van der Waals surface area (Å²) in [6.45, 7) is 3.79. The Hall–Kier alpha value is -0.610. The number of aliphatic hydroxyl groups excluding tert-OH is 1. The van der Waals surface area contributed by atoms with Crippen LogP contribution in [0, 0.1) is 5.92 Å². The van der Waals surface area contributed by atoms with E-state index in [2.05, 4.69) is 18.9 Å². The Kier molecular flexibility index (Phi) is 5.22. The van der Waals surface area contributed by atoms with Gasteiger partial charge in [-0.15, -0.1) is 0 Å². The Labute approximate surface area is 116 Å². The molecule has 0 aromatic rings. The first kappa shape index (κ1) is 14.8. The Morgan fingerprint density at radius 1 is 1.11 bits per heavy atom. The lowest BCUT2D eigenvalue weighted by Crippen LogP contribution is -2.44. The van der Waals surface area contributed by atoms with Crippen LogP contribution in [-0.2, 0) is 4.79 Å². The quantitative estimate of drug-likeness (QED) is 0.793. The van der Waals surface area contributed by atoms with Gasteiger partial charge >= 0.3 is 0 Å². The number of amides is 1. The van der Waals surface area contributed by atoms with Crippen molar-refractivity contribution in [3.05, 3.63) is 0 Å². The zero-order valence-electron chi connectivity index (χ0n) is 12.3. The number of carbonyl (C=O) groups is 1. The third-order valence-corrected chi connectivity index (χ3v) is 4.73. The van der Waals surface area contributed by atoms with E-state index in [-0.39, 0.29) is 5.91 Å². The first-order valence-electron chi connectivity index (χ1n) is 7.76. The van der Waals surface area contributed by atoms with Crippen molar-refractivity contribution in [2.75, 3.05) is 26.7 Å². The molecule has 2 saturated carbocycles. The predicted molar refractivity (Wildman–Crippen MR) is 75.9 cm³/mol. The summed E-state index contributed by atoms with van der Waals surface area (Å²) in [5.74, 6) is 0.774. The van der Waals surface area contributed by atoms with E-state index in [9.17, 15) is 4.79 Å². The number of aliphatic hydroxyl groups is 1. The number of likely N-dealkylation sites (N-methyl/N-ethyl adjacent to an activating group) is 2. The van der Waals surface area contributed by atoms with Gasteiger partial charge < -0.3 is 10.0 Å². The van der Waals surface area contributed by atoms with E-state index in [1.54, 1.807) is 0 Å². The summed E-state index contributed by atoms with van der Waals surface area (Å²) in [5, 5.41) is 9.16. The number of hydrogen-bond donors (Lipinski definition) is 1. The topological polar surface area (TPSA) is 43.8 Å². The Morgan fingerprint density at radius 3 is 2.16 bits per heavy atom. The molecule has 0 heterocycles. The number of rotatable bonds is 6. The van der Waals surface area contributed by atoms with Gasteiger partial charge in [0.1, 0.15) is 0 Å². The summed E-state index contributed by atoms with van der Waals surface area (Å²) in [5.41, 5.74) is 0. The van der Waals surface area contributed by atoms with Crippen LogP contribution >= 0.6 is 0 Å². The minimum atomic E-state index is 0.289. The molecule has 0 atom stereocenters. The van der Waals surface area contributed by atoms with Gasteiger partial charge in [0, 0.05) is 25.2 Å². The van der Waals surface area contributed by atoms with Gasteiger partial charge in [-0.2, -0.15) is 0 Å². The van der Waals surface area contributed by atoms with Gasteiger partial charge in [0.05, 0.1) is 6.54 Å². The molecule has 0 bridgehead atoms. The second-order valence-corrected chi connectivity index (χ2v) is 6.18. The number of nitrogens with zero attached hydrogens (tertiary/aromatic N) is 2. The van der Waals surface area contributed by atoms with Crippen molar-refractivity contribution in [2.45, 2.75) is 57.5 Å². The zero-order valence-corrected chi connectivity index (χ0v) is 12.3. The van der Waals surface area contributed by atoms with E-state index < -0.39 is 0 Å². The second kappa shape index (κ2) is 6.71. The standard InChI is InChI=1S/C15H28N2O2/c1-3-17(14-8-9-14)15(19)10-16(2)13-6-4-12(11-18)5-7-13/h12-14,18H,3-11H2,1-2H3. The molecule has 4 heteroatoms. The molecular formula is C15H28N2O2. The molecule has 0 saturated heterocycles. The SMILES string of the molecule is CCN(C(=O)CN(C)C1CCC(CO)CC1)C1CC1. The Morgan fingerprint density at radius 2 is 1.68 bits per heavy atom. The van der Waals surface area contributed by atoms with Crippen molar-refractivity contribution in [3.63, 3.8) is 0 Å². The third kappa shape index (κ3) is 3.93. The average Bonchev–Trinajstić information content (AvgIpc) is 3.24. The van der Waals surface area contributed by atoms with E-state index in [0.29, 0.717) is 31.2 Å². The van der Waals surface area contributed by atoms with Crippen LogP contribution in [-0.4, -0.2) is 59.6 Å². The highest BCUT2D eigenvalue weighted by molar-refractivity contribution is 5.78. The van der Waals surface area contributed by atoms with E-state index >= 15 is 0 Å². The second-order valence-electron chi connectivity index (χ2n) is 6.18. The fourth-order valence-electron chi connectivity index (χ4n) is 3.23. The highest BCUT2D eigenvalue weighted by atomic mass is 16.3.